The first kappa shape index (κ1) is 31.4. The van der Waals surface area contributed by atoms with Crippen LogP contribution in [0.4, 0.5) is 4.79 Å². The number of carbonyl (C=O) groups is 1. The van der Waals surface area contributed by atoms with Crippen molar-refractivity contribution in [2.45, 2.75) is 59.0 Å². The maximum Gasteiger partial charge on any atom is 0.317 e. The Labute approximate surface area is 226 Å². The number of aromatic hydroxyl groups is 2. The molecule has 0 unspecified atom stereocenters. The van der Waals surface area contributed by atoms with Gasteiger partial charge in [-0.1, -0.05) is 6.92 Å². The fourth-order valence-electron chi connectivity index (χ4n) is 4.72. The molecule has 2 rings (SSSR count). The number of rotatable bonds is 15. The van der Waals surface area contributed by atoms with Gasteiger partial charge in [0.1, 0.15) is 11.5 Å². The number of benzene rings is 2. The summed E-state index contributed by atoms with van der Waals surface area (Å²) in [5, 5.41) is 24.8. The molecule has 212 valence electrons. The first-order valence-corrected chi connectivity index (χ1v) is 12.9. The summed E-state index contributed by atoms with van der Waals surface area (Å²) in [5.74, 6) is 0.279. The van der Waals surface area contributed by atoms with E-state index in [0.717, 1.165) is 11.1 Å². The largest absolute Gasteiger partial charge is 0.507 e. The van der Waals surface area contributed by atoms with Crippen molar-refractivity contribution in [2.75, 3.05) is 48.1 Å². The third-order valence-corrected chi connectivity index (χ3v) is 6.96. The Bertz CT molecular complexity index is 934. The number of nitrogens with one attached hydrogen (secondary N) is 1. The van der Waals surface area contributed by atoms with Gasteiger partial charge in [0.2, 0.25) is 0 Å². The second kappa shape index (κ2) is 14.9. The van der Waals surface area contributed by atoms with Gasteiger partial charge in [0.15, 0.2) is 0 Å². The SMILES string of the molecule is CCN(CC)C(=O)NCCC(C)(c1cc(COC)c(O)c(COC)c1)c1cc(COC)c(O)c(COC)c1. The average molecular weight is 533 g/mol. The van der Waals surface area contributed by atoms with Crippen LogP contribution in [0.2, 0.25) is 0 Å². The summed E-state index contributed by atoms with van der Waals surface area (Å²) in [6.07, 6.45) is 0.549. The maximum atomic E-state index is 12.7. The average Bonchev–Trinajstić information content (AvgIpc) is 2.89. The Kier molecular flexibility index (Phi) is 12.3. The molecule has 0 spiro atoms. The van der Waals surface area contributed by atoms with Crippen LogP contribution >= 0.6 is 0 Å². The number of phenolic OH excluding ortho intramolecular Hbond substituents is 2. The quantitative estimate of drug-likeness (QED) is 0.311. The minimum Gasteiger partial charge on any atom is -0.507 e. The minimum absolute atomic E-state index is 0.117. The molecule has 3 N–H and O–H groups in total. The molecule has 2 amide bonds. The molecule has 0 aromatic heterocycles. The van der Waals surface area contributed by atoms with Crippen molar-refractivity contribution in [3.8, 4) is 11.5 Å². The van der Waals surface area contributed by atoms with Crippen molar-refractivity contribution in [3.63, 3.8) is 0 Å². The molecular weight excluding hydrogens is 488 g/mol. The van der Waals surface area contributed by atoms with Crippen LogP contribution in [-0.2, 0) is 50.8 Å². The molecule has 0 aliphatic rings. The number of methoxy groups -OCH3 is 4. The second-order valence-corrected chi connectivity index (χ2v) is 9.50. The highest BCUT2D eigenvalue weighted by Crippen LogP contribution is 2.41. The molecule has 38 heavy (non-hydrogen) atoms. The Morgan fingerprint density at radius 3 is 1.39 bits per heavy atom. The molecule has 0 bridgehead atoms. The zero-order chi connectivity index (χ0) is 28.3. The van der Waals surface area contributed by atoms with Gasteiger partial charge in [-0.25, -0.2) is 4.79 Å². The molecular formula is C29H44N2O7. The number of phenols is 2. The topological polar surface area (TPSA) is 110 Å². The third kappa shape index (κ3) is 7.38. The number of nitrogens with zero attached hydrogens (tertiary/aromatic N) is 1. The maximum absolute atomic E-state index is 12.7. The van der Waals surface area contributed by atoms with Crippen LogP contribution < -0.4 is 5.32 Å². The van der Waals surface area contributed by atoms with Crippen LogP contribution in [-0.4, -0.2) is 69.2 Å². The van der Waals surface area contributed by atoms with E-state index < -0.39 is 5.41 Å². The van der Waals surface area contributed by atoms with Crippen molar-refractivity contribution < 1.29 is 34.0 Å². The van der Waals surface area contributed by atoms with Crippen LogP contribution in [0.25, 0.3) is 0 Å². The smallest absolute Gasteiger partial charge is 0.317 e. The molecule has 0 fully saturated rings. The van der Waals surface area contributed by atoms with Crippen molar-refractivity contribution in [3.05, 3.63) is 57.6 Å². The van der Waals surface area contributed by atoms with Gasteiger partial charge < -0.3 is 39.4 Å². The first-order valence-electron chi connectivity index (χ1n) is 12.9. The van der Waals surface area contributed by atoms with Crippen molar-refractivity contribution in [1.82, 2.24) is 10.2 Å². The molecule has 0 saturated carbocycles. The molecule has 9 heteroatoms. The van der Waals surface area contributed by atoms with Crippen molar-refractivity contribution >= 4 is 6.03 Å². The summed E-state index contributed by atoms with van der Waals surface area (Å²) in [6, 6.07) is 7.62. The standard InChI is InChI=1S/C29H44N2O7/c1-8-31(9-2)28(34)30-11-10-29(3,24-12-20(16-35-4)26(32)21(13-24)17-36-5)25-14-22(18-37-6)27(33)23(15-25)19-38-7/h12-15,32-33H,8-11,16-19H2,1-7H3,(H,30,34). The molecule has 9 nitrogen and oxygen atoms in total. The normalized spacial score (nSPS) is 11.6. The van der Waals surface area contributed by atoms with Gasteiger partial charge in [0.05, 0.1) is 26.4 Å². The second-order valence-electron chi connectivity index (χ2n) is 9.50. The Balaban J connectivity index is 2.70. The summed E-state index contributed by atoms with van der Waals surface area (Å²) in [4.78, 5) is 14.4. The van der Waals surface area contributed by atoms with Gasteiger partial charge in [-0.2, -0.15) is 0 Å². The van der Waals surface area contributed by atoms with E-state index in [1.165, 1.54) is 0 Å². The molecule has 0 aliphatic carbocycles. The zero-order valence-electron chi connectivity index (χ0n) is 23.8. The predicted molar refractivity (Wildman–Crippen MR) is 146 cm³/mol. The first-order chi connectivity index (χ1) is 18.2. The van der Waals surface area contributed by atoms with E-state index in [9.17, 15) is 15.0 Å². The van der Waals surface area contributed by atoms with E-state index in [2.05, 4.69) is 12.2 Å². The van der Waals surface area contributed by atoms with Gasteiger partial charge in [0.25, 0.3) is 0 Å². The lowest BCUT2D eigenvalue weighted by Gasteiger charge is -2.34. The summed E-state index contributed by atoms with van der Waals surface area (Å²) in [7, 11) is 6.33. The number of hydrogen-bond donors (Lipinski definition) is 3. The molecule has 0 atom stereocenters. The summed E-state index contributed by atoms with van der Waals surface area (Å²) in [6.45, 7) is 8.55. The van der Waals surface area contributed by atoms with E-state index in [4.69, 9.17) is 18.9 Å². The molecule has 0 radical (unpaired) electrons. The third-order valence-electron chi connectivity index (χ3n) is 6.96. The predicted octanol–water partition coefficient (Wildman–Crippen LogP) is 4.43. The molecule has 0 heterocycles. The van der Waals surface area contributed by atoms with Crippen molar-refractivity contribution in [2.24, 2.45) is 0 Å². The molecule has 2 aromatic rings. The number of amides is 2. The van der Waals surface area contributed by atoms with E-state index in [0.29, 0.717) is 48.3 Å². The fraction of sp³-hybridized carbons (Fsp3) is 0.552. The fourth-order valence-corrected chi connectivity index (χ4v) is 4.72. The van der Waals surface area contributed by atoms with Crippen LogP contribution in [0.5, 0.6) is 11.5 Å². The lowest BCUT2D eigenvalue weighted by molar-refractivity contribution is 0.174. The Morgan fingerprint density at radius 1 is 0.763 bits per heavy atom. The Hall–Kier alpha value is -2.85. The Morgan fingerprint density at radius 2 is 1.11 bits per heavy atom. The van der Waals surface area contributed by atoms with Crippen molar-refractivity contribution in [1.29, 1.82) is 0 Å². The summed E-state index contributed by atoms with van der Waals surface area (Å²) in [5.41, 5.74) is 3.78. The number of hydrogen-bond acceptors (Lipinski definition) is 7. The highest BCUT2D eigenvalue weighted by atomic mass is 16.5. The van der Waals surface area contributed by atoms with E-state index in [1.807, 2.05) is 38.1 Å². The van der Waals surface area contributed by atoms with Crippen LogP contribution in [0.15, 0.2) is 24.3 Å². The van der Waals surface area contributed by atoms with Crippen LogP contribution in [0, 0.1) is 0 Å². The van der Waals surface area contributed by atoms with Gasteiger partial charge in [-0.15, -0.1) is 0 Å². The van der Waals surface area contributed by atoms with E-state index in [-0.39, 0.29) is 44.0 Å². The molecule has 0 aliphatic heterocycles. The highest BCUT2D eigenvalue weighted by Gasteiger charge is 2.32. The number of urea groups is 1. The minimum atomic E-state index is -0.631. The van der Waals surface area contributed by atoms with Gasteiger partial charge >= 0.3 is 6.03 Å². The molecule has 2 aromatic carbocycles. The lowest BCUT2D eigenvalue weighted by atomic mass is 9.72. The van der Waals surface area contributed by atoms with Gasteiger partial charge in [-0.05, 0) is 55.7 Å². The van der Waals surface area contributed by atoms with E-state index >= 15 is 0 Å². The van der Waals surface area contributed by atoms with Crippen LogP contribution in [0.3, 0.4) is 0 Å². The van der Waals surface area contributed by atoms with Gasteiger partial charge in [0, 0.05) is 75.7 Å². The van der Waals surface area contributed by atoms with Gasteiger partial charge in [-0.3, -0.25) is 0 Å². The van der Waals surface area contributed by atoms with E-state index in [1.54, 1.807) is 33.3 Å². The lowest BCUT2D eigenvalue weighted by Crippen LogP contribution is -2.41. The number of ether oxygens (including phenoxy) is 4. The number of carbonyl (C=O) groups excluding carboxylic acids is 1. The monoisotopic (exact) mass is 532 g/mol. The zero-order valence-corrected chi connectivity index (χ0v) is 23.8. The summed E-state index contributed by atoms with van der Waals surface area (Å²) >= 11 is 0. The summed E-state index contributed by atoms with van der Waals surface area (Å²) < 4.78 is 21.5. The van der Waals surface area contributed by atoms with Crippen LogP contribution in [0.1, 0.15) is 60.6 Å². The molecule has 0 saturated heterocycles. The highest BCUT2D eigenvalue weighted by molar-refractivity contribution is 5.74.